The lowest BCUT2D eigenvalue weighted by Gasteiger charge is -2.32. The second kappa shape index (κ2) is 8.19. The third-order valence-electron chi connectivity index (χ3n) is 5.59. The summed E-state index contributed by atoms with van der Waals surface area (Å²) >= 11 is 0. The van der Waals surface area contributed by atoms with Gasteiger partial charge in [0.15, 0.2) is 0 Å². The molecule has 0 radical (unpaired) electrons. The molecule has 5 heteroatoms. The van der Waals surface area contributed by atoms with Gasteiger partial charge in [-0.2, -0.15) is 0 Å². The summed E-state index contributed by atoms with van der Waals surface area (Å²) < 4.78 is 5.45. The first kappa shape index (κ1) is 18.2. The van der Waals surface area contributed by atoms with Gasteiger partial charge in [-0.25, -0.2) is 0 Å². The number of piperazine rings is 1. The minimum atomic E-state index is -0.357. The molecular formula is C20H31N3O2. The fraction of sp³-hybridized carbons (Fsp3) is 0.650. The van der Waals surface area contributed by atoms with Crippen molar-refractivity contribution in [2.24, 2.45) is 0 Å². The quantitative estimate of drug-likeness (QED) is 0.731. The molecule has 1 heterocycles. The van der Waals surface area contributed by atoms with Crippen LogP contribution in [0.2, 0.25) is 0 Å². The maximum Gasteiger partial charge on any atom is 0.230 e. The fourth-order valence-electron chi connectivity index (χ4n) is 3.69. The minimum absolute atomic E-state index is 0.164. The average molecular weight is 345 g/mol. The predicted octanol–water partition coefficient (Wildman–Crippen LogP) is 1.87. The number of amides is 1. The first-order chi connectivity index (χ1) is 12.2. The Morgan fingerprint density at radius 2 is 1.88 bits per heavy atom. The predicted molar refractivity (Wildman–Crippen MR) is 100 cm³/mol. The molecule has 1 aliphatic carbocycles. The monoisotopic (exact) mass is 345 g/mol. The van der Waals surface area contributed by atoms with E-state index in [1.54, 1.807) is 7.11 Å². The maximum absolute atomic E-state index is 12.7. The molecule has 1 aromatic carbocycles. The second-order valence-electron chi connectivity index (χ2n) is 7.39. The normalized spacial score (nSPS) is 20.2. The summed E-state index contributed by atoms with van der Waals surface area (Å²) in [6, 6.07) is 7.91. The van der Waals surface area contributed by atoms with Crippen LogP contribution in [0.4, 0.5) is 0 Å². The van der Waals surface area contributed by atoms with Crippen LogP contribution in [0, 0.1) is 0 Å². The largest absolute Gasteiger partial charge is 0.496 e. The molecule has 1 N–H and O–H groups in total. The number of benzene rings is 1. The molecule has 0 spiro atoms. The van der Waals surface area contributed by atoms with E-state index in [-0.39, 0.29) is 11.3 Å². The van der Waals surface area contributed by atoms with Gasteiger partial charge in [0.2, 0.25) is 5.91 Å². The summed E-state index contributed by atoms with van der Waals surface area (Å²) in [7, 11) is 3.85. The number of carbonyl (C=O) groups is 1. The molecule has 0 bridgehead atoms. The van der Waals surface area contributed by atoms with E-state index in [1.807, 2.05) is 24.3 Å². The highest BCUT2D eigenvalue weighted by Gasteiger charge is 2.52. The molecule has 1 aromatic rings. The van der Waals surface area contributed by atoms with E-state index in [9.17, 15) is 4.79 Å². The second-order valence-corrected chi connectivity index (χ2v) is 7.39. The SMILES string of the molecule is COc1ccccc1C1(C(=O)NCCCCN2CCN(C)CC2)CC1. The summed E-state index contributed by atoms with van der Waals surface area (Å²) in [6.45, 7) is 6.57. The first-order valence-electron chi connectivity index (χ1n) is 9.48. The van der Waals surface area contributed by atoms with Crippen molar-refractivity contribution in [3.8, 4) is 5.75 Å². The molecular weight excluding hydrogens is 314 g/mol. The number of likely N-dealkylation sites (N-methyl/N-ethyl adjacent to an activating group) is 1. The van der Waals surface area contributed by atoms with Gasteiger partial charge in [-0.15, -0.1) is 0 Å². The highest BCUT2D eigenvalue weighted by molar-refractivity contribution is 5.92. The highest BCUT2D eigenvalue weighted by atomic mass is 16.5. The van der Waals surface area contributed by atoms with Gasteiger partial charge in [-0.3, -0.25) is 4.79 Å². The van der Waals surface area contributed by atoms with Crippen molar-refractivity contribution in [1.82, 2.24) is 15.1 Å². The van der Waals surface area contributed by atoms with Crippen LogP contribution in [0.1, 0.15) is 31.2 Å². The summed E-state index contributed by atoms with van der Waals surface area (Å²) in [6.07, 6.45) is 4.02. The third-order valence-corrected chi connectivity index (χ3v) is 5.59. The summed E-state index contributed by atoms with van der Waals surface area (Å²) in [5.74, 6) is 0.988. The molecule has 1 aliphatic heterocycles. The molecule has 0 aromatic heterocycles. The number of ether oxygens (including phenoxy) is 1. The standard InChI is InChI=1S/C20H31N3O2/c1-22-13-15-23(16-14-22)12-6-5-11-21-19(24)20(9-10-20)17-7-3-4-8-18(17)25-2/h3-4,7-8H,5-6,9-16H2,1-2H3,(H,21,24). The number of methoxy groups -OCH3 is 1. The van der Waals surface area contributed by atoms with Crippen LogP contribution in [0.15, 0.2) is 24.3 Å². The molecule has 5 nitrogen and oxygen atoms in total. The Morgan fingerprint density at radius 3 is 2.56 bits per heavy atom. The van der Waals surface area contributed by atoms with E-state index >= 15 is 0 Å². The van der Waals surface area contributed by atoms with Gasteiger partial charge < -0.3 is 19.9 Å². The zero-order valence-corrected chi connectivity index (χ0v) is 15.6. The number of unbranched alkanes of at least 4 members (excludes halogenated alkanes) is 1. The summed E-state index contributed by atoms with van der Waals surface area (Å²) in [5, 5.41) is 3.16. The topological polar surface area (TPSA) is 44.8 Å². The Hall–Kier alpha value is -1.59. The Kier molecular flexibility index (Phi) is 5.97. The Morgan fingerprint density at radius 1 is 1.16 bits per heavy atom. The van der Waals surface area contributed by atoms with Crippen LogP contribution in [0.5, 0.6) is 5.75 Å². The van der Waals surface area contributed by atoms with Gasteiger partial charge in [-0.1, -0.05) is 18.2 Å². The summed E-state index contributed by atoms with van der Waals surface area (Å²) in [5.41, 5.74) is 0.678. The van der Waals surface area contributed by atoms with Gasteiger partial charge in [0.1, 0.15) is 5.75 Å². The van der Waals surface area contributed by atoms with Crippen molar-refractivity contribution in [2.75, 3.05) is 53.4 Å². The van der Waals surface area contributed by atoms with Crippen LogP contribution in [0.3, 0.4) is 0 Å². The maximum atomic E-state index is 12.7. The Bertz CT molecular complexity index is 578. The smallest absolute Gasteiger partial charge is 0.230 e. The van der Waals surface area contributed by atoms with Crippen LogP contribution in [-0.4, -0.2) is 69.1 Å². The van der Waals surface area contributed by atoms with Gasteiger partial charge in [-0.05, 0) is 45.3 Å². The van der Waals surface area contributed by atoms with E-state index in [0.29, 0.717) is 0 Å². The van der Waals surface area contributed by atoms with Crippen molar-refractivity contribution in [1.29, 1.82) is 0 Å². The molecule has 1 saturated heterocycles. The molecule has 2 fully saturated rings. The molecule has 2 aliphatic rings. The van der Waals surface area contributed by atoms with E-state index in [2.05, 4.69) is 22.2 Å². The van der Waals surface area contributed by atoms with Crippen LogP contribution in [-0.2, 0) is 10.2 Å². The Labute approximate surface area is 151 Å². The van der Waals surface area contributed by atoms with Crippen LogP contribution < -0.4 is 10.1 Å². The number of hydrogen-bond acceptors (Lipinski definition) is 4. The highest BCUT2D eigenvalue weighted by Crippen LogP contribution is 2.51. The number of hydrogen-bond donors (Lipinski definition) is 1. The summed E-state index contributed by atoms with van der Waals surface area (Å²) in [4.78, 5) is 17.6. The number of carbonyl (C=O) groups excluding carboxylic acids is 1. The molecule has 3 rings (SSSR count). The van der Waals surface area contributed by atoms with Crippen molar-refractivity contribution in [3.05, 3.63) is 29.8 Å². The van der Waals surface area contributed by atoms with Gasteiger partial charge >= 0.3 is 0 Å². The molecule has 138 valence electrons. The van der Waals surface area contributed by atoms with Gasteiger partial charge in [0, 0.05) is 38.3 Å². The zero-order valence-electron chi connectivity index (χ0n) is 15.6. The fourth-order valence-corrected chi connectivity index (χ4v) is 3.69. The lowest BCUT2D eigenvalue weighted by molar-refractivity contribution is -0.123. The molecule has 1 saturated carbocycles. The zero-order chi connectivity index (χ0) is 17.7. The lowest BCUT2D eigenvalue weighted by Crippen LogP contribution is -2.44. The molecule has 1 amide bonds. The number of nitrogens with zero attached hydrogens (tertiary/aromatic N) is 2. The van der Waals surface area contributed by atoms with E-state index in [4.69, 9.17) is 4.74 Å². The molecule has 0 atom stereocenters. The molecule has 25 heavy (non-hydrogen) atoms. The minimum Gasteiger partial charge on any atom is -0.496 e. The van der Waals surface area contributed by atoms with Crippen molar-refractivity contribution >= 4 is 5.91 Å². The van der Waals surface area contributed by atoms with Crippen molar-refractivity contribution in [3.63, 3.8) is 0 Å². The van der Waals surface area contributed by atoms with Crippen molar-refractivity contribution in [2.45, 2.75) is 31.1 Å². The third kappa shape index (κ3) is 4.33. The molecule has 0 unspecified atom stereocenters. The van der Waals surface area contributed by atoms with E-state index in [0.717, 1.165) is 63.2 Å². The van der Waals surface area contributed by atoms with Gasteiger partial charge in [0.05, 0.1) is 12.5 Å². The average Bonchev–Trinajstić information content (AvgIpc) is 3.44. The van der Waals surface area contributed by atoms with E-state index < -0.39 is 0 Å². The van der Waals surface area contributed by atoms with Crippen molar-refractivity contribution < 1.29 is 9.53 Å². The Balaban J connectivity index is 1.41. The first-order valence-corrected chi connectivity index (χ1v) is 9.48. The number of nitrogens with one attached hydrogen (secondary N) is 1. The number of para-hydroxylation sites is 1. The number of rotatable bonds is 8. The van der Waals surface area contributed by atoms with Gasteiger partial charge in [0.25, 0.3) is 0 Å². The lowest BCUT2D eigenvalue weighted by atomic mass is 9.94. The van der Waals surface area contributed by atoms with Crippen LogP contribution in [0.25, 0.3) is 0 Å². The van der Waals surface area contributed by atoms with Crippen LogP contribution >= 0.6 is 0 Å². The van der Waals surface area contributed by atoms with E-state index in [1.165, 1.54) is 13.1 Å².